The molecule has 0 saturated heterocycles. The van der Waals surface area contributed by atoms with Crippen molar-refractivity contribution in [3.8, 4) is 28.8 Å². The van der Waals surface area contributed by atoms with Crippen molar-refractivity contribution in [1.82, 2.24) is 25.1 Å². The van der Waals surface area contributed by atoms with E-state index in [-0.39, 0.29) is 62.1 Å². The van der Waals surface area contributed by atoms with Crippen LogP contribution >= 0.6 is 11.6 Å². The third-order valence-electron chi connectivity index (χ3n) is 7.51. The number of amides is 2. The lowest BCUT2D eigenvalue weighted by molar-refractivity contribution is -0.265. The van der Waals surface area contributed by atoms with E-state index in [1.165, 1.54) is 20.1 Å². The second kappa shape index (κ2) is 11.4. The number of fused-ring (bicyclic) bond motifs is 2. The highest BCUT2D eigenvalue weighted by molar-refractivity contribution is 6.31. The Kier molecular flexibility index (Phi) is 7.99. The number of methoxy groups -OCH3 is 1. The molecule has 12 nitrogen and oxygen atoms in total. The summed E-state index contributed by atoms with van der Waals surface area (Å²) in [5.74, 6) is -2.33. The van der Waals surface area contributed by atoms with Gasteiger partial charge in [0, 0.05) is 34.5 Å². The summed E-state index contributed by atoms with van der Waals surface area (Å²) in [5.41, 5.74) is -1.97. The Hall–Kier alpha value is -5.08. The van der Waals surface area contributed by atoms with E-state index in [0.717, 1.165) is 30.6 Å². The van der Waals surface area contributed by atoms with Crippen LogP contribution in [0, 0.1) is 11.3 Å². The molecule has 0 unspecified atom stereocenters. The van der Waals surface area contributed by atoms with Gasteiger partial charge in [-0.05, 0) is 31.2 Å². The van der Waals surface area contributed by atoms with Crippen molar-refractivity contribution in [3.05, 3.63) is 64.2 Å². The highest BCUT2D eigenvalue weighted by Crippen LogP contribution is 2.48. The molecule has 1 aromatic carbocycles. The molecular formula is C28H21ClF5N7O5. The van der Waals surface area contributed by atoms with Crippen molar-refractivity contribution >= 4 is 34.3 Å². The van der Waals surface area contributed by atoms with Crippen LogP contribution in [-0.4, -0.2) is 63.1 Å². The number of aliphatic hydroxyl groups is 1. The number of halogens is 6. The number of hydrogen-bond acceptors (Lipinski definition) is 9. The van der Waals surface area contributed by atoms with E-state index in [0.29, 0.717) is 4.68 Å². The number of nitrogens with zero attached hydrogens (tertiary/aromatic N) is 5. The maximum atomic E-state index is 14.7. The third kappa shape index (κ3) is 5.28. The lowest BCUT2D eigenvalue weighted by atomic mass is 9.82. The third-order valence-corrected chi connectivity index (χ3v) is 7.80. The zero-order chi connectivity index (χ0) is 33.8. The number of primary amides is 1. The first-order chi connectivity index (χ1) is 21.5. The van der Waals surface area contributed by atoms with Gasteiger partial charge in [0.25, 0.3) is 5.91 Å². The summed E-state index contributed by atoms with van der Waals surface area (Å²) in [4.78, 5) is 33.4. The number of alkyl halides is 5. The van der Waals surface area contributed by atoms with E-state index in [4.69, 9.17) is 26.8 Å². The predicted molar refractivity (Wildman–Crippen MR) is 149 cm³/mol. The monoisotopic (exact) mass is 665 g/mol. The van der Waals surface area contributed by atoms with Gasteiger partial charge in [-0.15, -0.1) is 0 Å². The van der Waals surface area contributed by atoms with Crippen LogP contribution in [0.25, 0.3) is 22.2 Å². The Labute approximate surface area is 260 Å². The van der Waals surface area contributed by atoms with Gasteiger partial charge in [-0.2, -0.15) is 32.3 Å². The molecule has 1 aliphatic rings. The highest BCUT2D eigenvalue weighted by atomic mass is 35.5. The maximum absolute atomic E-state index is 14.7. The standard InChI is InChI=1S/C28H21ClF5N7O5/c1-26(24(36)43)11-46-22-15(26)6-19(39-21(22)13-4-16(29)17(7-35)37-8-13)27(44,28(32,33)34)10-38-23(42)12-3-14-9-41(25(30)31)40-20(14)18(5-12)45-2/h3-6,8-9,25,44H,10-11H2,1-2H3,(H2,36,43)(H,38,42)/t26-,27-/m0/s1. The van der Waals surface area contributed by atoms with Crippen molar-refractivity contribution in [2.24, 2.45) is 5.73 Å². The number of nitrogens with two attached hydrogens (primary N) is 1. The molecule has 3 aromatic heterocycles. The Bertz CT molecular complexity index is 1950. The van der Waals surface area contributed by atoms with Gasteiger partial charge in [-0.25, -0.2) is 14.6 Å². The van der Waals surface area contributed by atoms with Crippen molar-refractivity contribution in [2.75, 3.05) is 20.3 Å². The lowest BCUT2D eigenvalue weighted by Gasteiger charge is -2.31. The highest BCUT2D eigenvalue weighted by Gasteiger charge is 2.57. The Morgan fingerprint density at radius 1 is 1.30 bits per heavy atom. The van der Waals surface area contributed by atoms with Gasteiger partial charge in [0.2, 0.25) is 11.5 Å². The number of ether oxygens (including phenoxy) is 2. The molecule has 2 atom stereocenters. The predicted octanol–water partition coefficient (Wildman–Crippen LogP) is 3.74. The molecule has 5 rings (SSSR count). The molecule has 0 bridgehead atoms. The summed E-state index contributed by atoms with van der Waals surface area (Å²) in [6.45, 7) is -3.55. The molecule has 2 amide bonds. The van der Waals surface area contributed by atoms with Gasteiger partial charge >= 0.3 is 12.7 Å². The molecule has 4 N–H and O–H groups in total. The first kappa shape index (κ1) is 32.3. The minimum absolute atomic E-state index is 0.0193. The van der Waals surface area contributed by atoms with Gasteiger partial charge in [0.1, 0.15) is 40.8 Å². The van der Waals surface area contributed by atoms with Gasteiger partial charge in [0.05, 0.1) is 24.4 Å². The number of benzene rings is 1. The molecular weight excluding hydrogens is 645 g/mol. The van der Waals surface area contributed by atoms with Crippen LogP contribution in [-0.2, 0) is 15.8 Å². The molecule has 0 saturated carbocycles. The number of aromatic nitrogens is 4. The molecule has 4 heterocycles. The fourth-order valence-corrected chi connectivity index (χ4v) is 5.01. The molecule has 4 aromatic rings. The molecule has 0 aliphatic carbocycles. The molecule has 18 heteroatoms. The van der Waals surface area contributed by atoms with Crippen LogP contribution in [0.4, 0.5) is 22.0 Å². The maximum Gasteiger partial charge on any atom is 0.424 e. The van der Waals surface area contributed by atoms with E-state index in [1.807, 2.05) is 5.32 Å². The summed E-state index contributed by atoms with van der Waals surface area (Å²) in [6, 6.07) is 5.93. The SMILES string of the molecule is COc1cc(C(=O)NC[C@](O)(c2cc3c(c(-c4cnc(C#N)c(Cl)c4)n2)OC[C@]3(C)C(N)=O)C(F)(F)F)cc2cn(C(F)F)nc12. The Morgan fingerprint density at radius 2 is 2.02 bits per heavy atom. The summed E-state index contributed by atoms with van der Waals surface area (Å²) >= 11 is 6.10. The van der Waals surface area contributed by atoms with Gasteiger partial charge < -0.3 is 25.6 Å². The van der Waals surface area contributed by atoms with Crippen LogP contribution in [0.2, 0.25) is 5.02 Å². The fourth-order valence-electron chi connectivity index (χ4n) is 4.80. The van der Waals surface area contributed by atoms with E-state index in [9.17, 15) is 41.9 Å². The second-order valence-corrected chi connectivity index (χ2v) is 10.8. The number of pyridine rings is 2. The van der Waals surface area contributed by atoms with E-state index in [1.54, 1.807) is 6.07 Å². The average Bonchev–Trinajstić information content (AvgIpc) is 3.60. The zero-order valence-corrected chi connectivity index (χ0v) is 24.4. The number of rotatable bonds is 8. The number of carbonyl (C=O) groups is 2. The molecule has 0 fully saturated rings. The van der Waals surface area contributed by atoms with Crippen LogP contribution < -0.4 is 20.5 Å². The molecule has 0 spiro atoms. The van der Waals surface area contributed by atoms with Crippen LogP contribution in [0.5, 0.6) is 11.5 Å². The minimum atomic E-state index is -5.47. The number of nitriles is 1. The lowest BCUT2D eigenvalue weighted by Crippen LogP contribution is -2.51. The first-order valence-electron chi connectivity index (χ1n) is 13.0. The topological polar surface area (TPSA) is 178 Å². The molecule has 46 heavy (non-hydrogen) atoms. The van der Waals surface area contributed by atoms with Crippen LogP contribution in [0.3, 0.4) is 0 Å². The quantitative estimate of drug-likeness (QED) is 0.237. The Balaban J connectivity index is 1.60. The second-order valence-electron chi connectivity index (χ2n) is 10.4. The van der Waals surface area contributed by atoms with Gasteiger partial charge in [-0.1, -0.05) is 11.6 Å². The summed E-state index contributed by atoms with van der Waals surface area (Å²) in [6.07, 6.45) is -3.46. The van der Waals surface area contributed by atoms with Crippen molar-refractivity contribution < 1.29 is 46.1 Å². The first-order valence-corrected chi connectivity index (χ1v) is 13.4. The molecule has 1 aliphatic heterocycles. The van der Waals surface area contributed by atoms with Crippen molar-refractivity contribution in [2.45, 2.75) is 30.7 Å². The number of hydrogen-bond donors (Lipinski definition) is 3. The summed E-state index contributed by atoms with van der Waals surface area (Å²) < 4.78 is 81.6. The van der Waals surface area contributed by atoms with Crippen LogP contribution in [0.1, 0.15) is 40.8 Å². The van der Waals surface area contributed by atoms with Crippen molar-refractivity contribution in [1.29, 1.82) is 5.26 Å². The summed E-state index contributed by atoms with van der Waals surface area (Å²) in [7, 11) is 1.18. The summed E-state index contributed by atoms with van der Waals surface area (Å²) in [5, 5.41) is 26.0. The normalized spacial score (nSPS) is 17.2. The van der Waals surface area contributed by atoms with Crippen molar-refractivity contribution in [3.63, 3.8) is 0 Å². The van der Waals surface area contributed by atoms with E-state index < -0.39 is 47.8 Å². The van der Waals surface area contributed by atoms with Gasteiger partial charge in [-0.3, -0.25) is 9.59 Å². The number of carbonyl (C=O) groups excluding carboxylic acids is 2. The van der Waals surface area contributed by atoms with Gasteiger partial charge in [0.15, 0.2) is 5.69 Å². The van der Waals surface area contributed by atoms with E-state index >= 15 is 0 Å². The Morgan fingerprint density at radius 3 is 2.61 bits per heavy atom. The van der Waals surface area contributed by atoms with Crippen LogP contribution in [0.15, 0.2) is 36.7 Å². The zero-order valence-electron chi connectivity index (χ0n) is 23.6. The largest absolute Gasteiger partial charge is 0.494 e. The molecule has 0 radical (unpaired) electrons. The van der Waals surface area contributed by atoms with E-state index in [2.05, 4.69) is 15.1 Å². The smallest absolute Gasteiger partial charge is 0.424 e. The molecule has 240 valence electrons. The fraction of sp³-hybridized carbons (Fsp3) is 0.286. The minimum Gasteiger partial charge on any atom is -0.494 e. The average molecular weight is 666 g/mol. The number of nitrogens with one attached hydrogen (secondary N) is 1.